The molecule has 1 saturated heterocycles. The van der Waals surface area contributed by atoms with E-state index in [0.717, 1.165) is 39.3 Å². The van der Waals surface area contributed by atoms with E-state index in [4.69, 9.17) is 15.5 Å². The second-order valence-electron chi connectivity index (χ2n) is 10.2. The average Bonchev–Trinajstić information content (AvgIpc) is 3.40. The minimum absolute atomic E-state index is 0.232. The smallest absolute Gasteiger partial charge is 0.324 e. The lowest BCUT2D eigenvalue weighted by Crippen LogP contribution is -2.59. The summed E-state index contributed by atoms with van der Waals surface area (Å²) in [6.07, 6.45) is 2.45. The number of fused-ring (bicyclic) bond motifs is 6. The van der Waals surface area contributed by atoms with Gasteiger partial charge >= 0.3 is 5.97 Å². The van der Waals surface area contributed by atoms with E-state index in [9.17, 15) is 9.59 Å². The summed E-state index contributed by atoms with van der Waals surface area (Å²) in [5, 5.41) is 5.47. The van der Waals surface area contributed by atoms with Gasteiger partial charge in [0.1, 0.15) is 6.04 Å². The Bertz CT molecular complexity index is 1250. The van der Waals surface area contributed by atoms with Crippen LogP contribution in [0.4, 0.5) is 0 Å². The number of nitrogens with two attached hydrogens (primary N) is 1. The van der Waals surface area contributed by atoms with Crippen molar-refractivity contribution < 1.29 is 14.3 Å². The van der Waals surface area contributed by atoms with E-state index < -0.39 is 12.1 Å². The normalized spacial score (nSPS) is 23.6. The quantitative estimate of drug-likeness (QED) is 0.425. The molecule has 1 aromatic carbocycles. The van der Waals surface area contributed by atoms with Crippen LogP contribution >= 0.6 is 11.3 Å². The Morgan fingerprint density at radius 2 is 2.12 bits per heavy atom. The summed E-state index contributed by atoms with van der Waals surface area (Å²) in [7, 11) is 0. The fraction of sp³-hybridized carbons (Fsp3) is 0.480. The second-order valence-corrected chi connectivity index (χ2v) is 11.1. The summed E-state index contributed by atoms with van der Waals surface area (Å²) in [5.41, 5.74) is 14.4. The molecular weight excluding hydrogens is 450 g/mol. The fourth-order valence-electron chi connectivity index (χ4n) is 4.79. The van der Waals surface area contributed by atoms with Crippen molar-refractivity contribution in [3.05, 3.63) is 39.8 Å². The molecule has 4 heterocycles. The lowest BCUT2D eigenvalue weighted by Gasteiger charge is -2.34. The summed E-state index contributed by atoms with van der Waals surface area (Å²) in [6, 6.07) is 5.03. The molecule has 1 fully saturated rings. The van der Waals surface area contributed by atoms with Crippen LogP contribution in [0.5, 0.6) is 0 Å². The van der Waals surface area contributed by atoms with Crippen molar-refractivity contribution >= 4 is 34.1 Å². The zero-order chi connectivity index (χ0) is 24.0. The Balaban J connectivity index is 1.54. The van der Waals surface area contributed by atoms with Crippen LogP contribution < -0.4 is 11.2 Å². The number of cyclic esters (lactones) is 1. The van der Waals surface area contributed by atoms with Gasteiger partial charge in [-0.2, -0.15) is 0 Å². The summed E-state index contributed by atoms with van der Waals surface area (Å²) in [5.74, 6) is -0.563. The third-order valence-electron chi connectivity index (χ3n) is 6.68. The number of ether oxygens (including phenoxy) is 1. The van der Waals surface area contributed by atoms with Crippen molar-refractivity contribution in [3.63, 3.8) is 0 Å². The Morgan fingerprint density at radius 3 is 2.94 bits per heavy atom. The van der Waals surface area contributed by atoms with Crippen molar-refractivity contribution in [3.8, 4) is 11.3 Å². The first-order valence-electron chi connectivity index (χ1n) is 11.8. The topological polar surface area (TPSA) is 113 Å². The summed E-state index contributed by atoms with van der Waals surface area (Å²) >= 11 is 1.51. The van der Waals surface area contributed by atoms with Crippen molar-refractivity contribution in [2.75, 3.05) is 13.2 Å². The molecule has 8 nitrogen and oxygen atoms in total. The molecule has 3 aromatic rings. The third kappa shape index (κ3) is 4.47. The third-order valence-corrected chi connectivity index (χ3v) is 7.55. The zero-order valence-corrected chi connectivity index (χ0v) is 20.6. The predicted molar refractivity (Wildman–Crippen MR) is 132 cm³/mol. The number of hydrogen-bond donors (Lipinski definition) is 3. The van der Waals surface area contributed by atoms with E-state index in [1.807, 2.05) is 5.38 Å². The Hall–Kier alpha value is -2.75. The number of hydrogen-bond acceptors (Lipinski definition) is 7. The largest absolute Gasteiger partial charge is 0.464 e. The number of carbonyl (C=O) groups excluding carboxylic acids is 2. The number of thiazole rings is 1. The summed E-state index contributed by atoms with van der Waals surface area (Å²) in [4.78, 5) is 34.1. The van der Waals surface area contributed by atoms with E-state index in [1.165, 1.54) is 21.9 Å². The van der Waals surface area contributed by atoms with Gasteiger partial charge < -0.3 is 15.5 Å². The van der Waals surface area contributed by atoms with Gasteiger partial charge in [-0.1, -0.05) is 19.9 Å². The highest BCUT2D eigenvalue weighted by molar-refractivity contribution is 7.10. The number of aryl methyl sites for hydroxylation is 1. The highest BCUT2D eigenvalue weighted by atomic mass is 32.1. The Morgan fingerprint density at radius 1 is 1.29 bits per heavy atom. The molecule has 6 bridgehead atoms. The number of nitrogens with zero attached hydrogens (tertiary/aromatic N) is 2. The van der Waals surface area contributed by atoms with Crippen LogP contribution in [0.1, 0.15) is 43.0 Å². The van der Waals surface area contributed by atoms with Crippen LogP contribution in [0.2, 0.25) is 0 Å². The lowest BCUT2D eigenvalue weighted by atomic mass is 9.85. The van der Waals surface area contributed by atoms with Gasteiger partial charge in [0.05, 0.1) is 23.4 Å². The summed E-state index contributed by atoms with van der Waals surface area (Å²) in [6.45, 7) is 7.11. The molecule has 2 aromatic heterocycles. The number of aromatic amines is 1. The maximum Gasteiger partial charge on any atom is 0.324 e. The van der Waals surface area contributed by atoms with E-state index in [-0.39, 0.29) is 17.3 Å². The molecule has 0 saturated carbocycles. The molecule has 2 aliphatic rings. The number of aromatic nitrogens is 2. The van der Waals surface area contributed by atoms with Crippen LogP contribution in [0.25, 0.3) is 22.2 Å². The minimum atomic E-state index is -0.736. The fourth-order valence-corrected chi connectivity index (χ4v) is 5.66. The van der Waals surface area contributed by atoms with Crippen molar-refractivity contribution in [1.82, 2.24) is 20.4 Å². The molecule has 0 aliphatic carbocycles. The number of H-pyrrole nitrogens is 1. The van der Waals surface area contributed by atoms with E-state index in [0.29, 0.717) is 32.4 Å². The van der Waals surface area contributed by atoms with Crippen molar-refractivity contribution in [2.45, 2.75) is 58.5 Å². The standard InChI is InChI=1S/C25H31N5O3S/c1-14-17-11-25(2,3)13-33-24(32)20-5-4-8-30(29-20)23(31)18(26)10-22-28-21(12-34-22)15-6-7-19(27-14)16(17)9-15/h6-7,9,12,18,20,27,29H,4-5,8,10-11,13,26H2,1-3H3. The van der Waals surface area contributed by atoms with Crippen LogP contribution in [-0.2, 0) is 27.2 Å². The number of hydrazine groups is 1. The molecule has 2 atom stereocenters. The maximum atomic E-state index is 13.0. The predicted octanol–water partition coefficient (Wildman–Crippen LogP) is 3.09. The van der Waals surface area contributed by atoms with Crippen molar-refractivity contribution in [1.29, 1.82) is 0 Å². The number of rotatable bonds is 0. The molecule has 0 spiro atoms. The van der Waals surface area contributed by atoms with Gasteiger partial charge in [0.15, 0.2) is 0 Å². The monoisotopic (exact) mass is 481 g/mol. The van der Waals surface area contributed by atoms with E-state index >= 15 is 0 Å². The molecule has 2 unspecified atom stereocenters. The van der Waals surface area contributed by atoms with E-state index in [2.05, 4.69) is 49.4 Å². The highest BCUT2D eigenvalue weighted by Gasteiger charge is 2.33. The van der Waals surface area contributed by atoms with Gasteiger partial charge in [-0.25, -0.2) is 10.4 Å². The molecule has 1 amide bonds. The first-order valence-corrected chi connectivity index (χ1v) is 12.6. The zero-order valence-electron chi connectivity index (χ0n) is 19.8. The van der Waals surface area contributed by atoms with Crippen LogP contribution in [0, 0.1) is 12.3 Å². The van der Waals surface area contributed by atoms with E-state index in [1.54, 1.807) is 0 Å². The Labute approximate surface area is 202 Å². The van der Waals surface area contributed by atoms with Crippen LogP contribution in [-0.4, -0.2) is 52.1 Å². The number of nitrogens with one attached hydrogen (secondary N) is 2. The number of carbonyl (C=O) groups is 2. The highest BCUT2D eigenvalue weighted by Crippen LogP contribution is 2.33. The van der Waals surface area contributed by atoms with Crippen LogP contribution in [0.15, 0.2) is 23.6 Å². The minimum Gasteiger partial charge on any atom is -0.464 e. The SMILES string of the molecule is Cc1[nH]c2ccc3cc2c1CC(C)(C)COC(=O)C1CCCN(N1)C(=O)C(N)Cc1nc-3cs1. The van der Waals surface area contributed by atoms with Gasteiger partial charge in [-0.15, -0.1) is 11.3 Å². The molecule has 2 aliphatic heterocycles. The van der Waals surface area contributed by atoms with Crippen molar-refractivity contribution in [2.24, 2.45) is 11.1 Å². The molecule has 0 radical (unpaired) electrons. The van der Waals surface area contributed by atoms with Gasteiger partial charge in [0.25, 0.3) is 5.91 Å². The average molecular weight is 482 g/mol. The van der Waals surface area contributed by atoms with Gasteiger partial charge in [-0.3, -0.25) is 14.6 Å². The number of esters is 1. The lowest BCUT2D eigenvalue weighted by molar-refractivity contribution is -0.154. The van der Waals surface area contributed by atoms with Gasteiger partial charge in [0.2, 0.25) is 0 Å². The second kappa shape index (κ2) is 8.79. The number of amides is 1. The molecule has 5 rings (SSSR count). The first kappa shape index (κ1) is 23.0. The van der Waals surface area contributed by atoms with Gasteiger partial charge in [0, 0.05) is 45.9 Å². The molecular formula is C25H31N5O3S. The maximum absolute atomic E-state index is 13.0. The first-order chi connectivity index (χ1) is 16.2. The van der Waals surface area contributed by atoms with Gasteiger partial charge in [-0.05, 0) is 43.9 Å². The molecule has 180 valence electrons. The molecule has 4 N–H and O–H groups in total. The molecule has 9 heteroatoms. The Kier molecular flexibility index (Phi) is 5.95. The summed E-state index contributed by atoms with van der Waals surface area (Å²) < 4.78 is 5.75. The van der Waals surface area contributed by atoms with Crippen LogP contribution in [0.3, 0.4) is 0 Å². The molecule has 34 heavy (non-hydrogen) atoms. The number of benzene rings is 1.